The number of ether oxygens (including phenoxy) is 2. The number of imidazole rings is 1. The molecule has 3 aromatic carbocycles. The van der Waals surface area contributed by atoms with E-state index in [2.05, 4.69) is 10.3 Å². The van der Waals surface area contributed by atoms with Gasteiger partial charge in [0.1, 0.15) is 5.82 Å². The molecule has 0 aliphatic heterocycles. The minimum absolute atomic E-state index is 0.229. The fourth-order valence-electron chi connectivity index (χ4n) is 3.55. The van der Waals surface area contributed by atoms with Crippen LogP contribution in [-0.2, 0) is 13.6 Å². The Hall–Kier alpha value is -3.87. The summed E-state index contributed by atoms with van der Waals surface area (Å²) in [5.74, 6) is 0.686. The van der Waals surface area contributed by atoms with Crippen LogP contribution in [0.3, 0.4) is 0 Å². The van der Waals surface area contributed by atoms with E-state index in [4.69, 9.17) is 9.47 Å². The van der Waals surface area contributed by atoms with Gasteiger partial charge in [0.05, 0.1) is 37.1 Å². The number of halogens is 1. The number of aryl methyl sites for hydroxylation is 1. The summed E-state index contributed by atoms with van der Waals surface area (Å²) in [5, 5.41) is 2.96. The van der Waals surface area contributed by atoms with Crippen molar-refractivity contribution in [2.45, 2.75) is 6.54 Å². The largest absolute Gasteiger partial charge is 0.493 e. The van der Waals surface area contributed by atoms with Crippen LogP contribution in [0, 0.1) is 5.82 Å². The Bertz CT molecular complexity index is 1250. The van der Waals surface area contributed by atoms with Crippen LogP contribution in [0.15, 0.2) is 60.9 Å². The van der Waals surface area contributed by atoms with Crippen LogP contribution in [0.5, 0.6) is 11.5 Å². The van der Waals surface area contributed by atoms with Gasteiger partial charge in [0, 0.05) is 13.6 Å². The van der Waals surface area contributed by atoms with E-state index in [1.165, 1.54) is 12.1 Å². The lowest BCUT2D eigenvalue weighted by atomic mass is 10.0. The highest BCUT2D eigenvalue weighted by molar-refractivity contribution is 6.06. The number of fused-ring (bicyclic) bond motifs is 1. The first-order valence-electron chi connectivity index (χ1n) is 9.70. The summed E-state index contributed by atoms with van der Waals surface area (Å²) in [6, 6.07) is 15.4. The van der Waals surface area contributed by atoms with Crippen LogP contribution >= 0.6 is 0 Å². The fraction of sp³-hybridized carbons (Fsp3) is 0.167. The molecule has 0 fully saturated rings. The Kier molecular flexibility index (Phi) is 5.58. The normalized spacial score (nSPS) is 10.8. The molecule has 1 amide bonds. The summed E-state index contributed by atoms with van der Waals surface area (Å²) in [6.45, 7) is 0.319. The summed E-state index contributed by atoms with van der Waals surface area (Å²) in [5.41, 5.74) is 4.40. The number of aromatic nitrogens is 2. The Morgan fingerprint density at radius 3 is 2.45 bits per heavy atom. The van der Waals surface area contributed by atoms with Crippen molar-refractivity contribution in [2.24, 2.45) is 7.05 Å². The van der Waals surface area contributed by atoms with Crippen molar-refractivity contribution in [1.82, 2.24) is 14.9 Å². The Labute approximate surface area is 179 Å². The molecule has 0 bridgehead atoms. The second-order valence-corrected chi connectivity index (χ2v) is 7.13. The first kappa shape index (κ1) is 20.4. The fourth-order valence-corrected chi connectivity index (χ4v) is 3.55. The van der Waals surface area contributed by atoms with Gasteiger partial charge in [-0.3, -0.25) is 4.79 Å². The second-order valence-electron chi connectivity index (χ2n) is 7.13. The van der Waals surface area contributed by atoms with Crippen molar-refractivity contribution in [3.05, 3.63) is 77.9 Å². The highest BCUT2D eigenvalue weighted by atomic mass is 19.1. The molecule has 0 aliphatic rings. The zero-order valence-corrected chi connectivity index (χ0v) is 17.5. The maximum atomic E-state index is 13.3. The van der Waals surface area contributed by atoms with Crippen LogP contribution in [0.4, 0.5) is 4.39 Å². The number of carbonyl (C=O) groups excluding carboxylic acids is 1. The Morgan fingerprint density at radius 2 is 1.74 bits per heavy atom. The third-order valence-corrected chi connectivity index (χ3v) is 5.14. The Balaban J connectivity index is 1.65. The van der Waals surface area contributed by atoms with Gasteiger partial charge < -0.3 is 19.4 Å². The third kappa shape index (κ3) is 4.07. The minimum Gasteiger partial charge on any atom is -0.493 e. The molecule has 0 saturated carbocycles. The lowest BCUT2D eigenvalue weighted by molar-refractivity contribution is 0.0952. The van der Waals surface area contributed by atoms with E-state index in [-0.39, 0.29) is 11.7 Å². The van der Waals surface area contributed by atoms with E-state index in [9.17, 15) is 9.18 Å². The predicted octanol–water partition coefficient (Wildman–Crippen LogP) is 4.33. The van der Waals surface area contributed by atoms with Crippen molar-refractivity contribution in [2.75, 3.05) is 14.2 Å². The molecule has 1 N–H and O–H groups in total. The van der Waals surface area contributed by atoms with Gasteiger partial charge in [-0.2, -0.15) is 0 Å². The minimum atomic E-state index is -0.310. The number of carbonyl (C=O) groups is 1. The molecule has 1 heterocycles. The molecule has 0 unspecified atom stereocenters. The van der Waals surface area contributed by atoms with Crippen LogP contribution in [0.25, 0.3) is 22.2 Å². The van der Waals surface area contributed by atoms with Gasteiger partial charge in [-0.15, -0.1) is 0 Å². The second kappa shape index (κ2) is 8.47. The molecule has 0 radical (unpaired) electrons. The average Bonchev–Trinajstić information content (AvgIpc) is 3.17. The maximum absolute atomic E-state index is 13.3. The zero-order chi connectivity index (χ0) is 22.0. The molecule has 0 spiro atoms. The molecular weight excluding hydrogens is 397 g/mol. The van der Waals surface area contributed by atoms with Gasteiger partial charge >= 0.3 is 0 Å². The van der Waals surface area contributed by atoms with Crippen molar-refractivity contribution in [3.8, 4) is 22.6 Å². The van der Waals surface area contributed by atoms with Gasteiger partial charge in [-0.25, -0.2) is 9.37 Å². The van der Waals surface area contributed by atoms with Gasteiger partial charge in [0.25, 0.3) is 5.91 Å². The highest BCUT2D eigenvalue weighted by Gasteiger charge is 2.16. The monoisotopic (exact) mass is 419 g/mol. The van der Waals surface area contributed by atoms with E-state index in [1.54, 1.807) is 44.8 Å². The molecule has 4 aromatic rings. The molecule has 7 heteroatoms. The van der Waals surface area contributed by atoms with E-state index in [0.717, 1.165) is 22.2 Å². The first-order chi connectivity index (χ1) is 15.0. The number of amides is 1. The third-order valence-electron chi connectivity index (χ3n) is 5.14. The van der Waals surface area contributed by atoms with Gasteiger partial charge in [0.2, 0.25) is 0 Å². The average molecular weight is 419 g/mol. The number of rotatable bonds is 6. The lowest BCUT2D eigenvalue weighted by Gasteiger charge is -2.12. The van der Waals surface area contributed by atoms with Crippen LogP contribution in [0.1, 0.15) is 15.9 Å². The lowest BCUT2D eigenvalue weighted by Crippen LogP contribution is -2.23. The number of benzene rings is 3. The molecule has 0 saturated heterocycles. The summed E-state index contributed by atoms with van der Waals surface area (Å²) in [4.78, 5) is 17.5. The van der Waals surface area contributed by atoms with Crippen molar-refractivity contribution in [1.29, 1.82) is 0 Å². The van der Waals surface area contributed by atoms with E-state index in [1.807, 2.05) is 29.8 Å². The standard InChI is InChI=1S/C24H22FN3O3/c1-28-14-27-20-12-17(16-5-7-18(25)8-6-16)11-19(23(20)28)24(29)26-13-15-4-9-21(30-2)22(10-15)31-3/h4-12,14H,13H2,1-3H3,(H,26,29). The van der Waals surface area contributed by atoms with Crippen molar-refractivity contribution >= 4 is 16.9 Å². The maximum Gasteiger partial charge on any atom is 0.253 e. The smallest absolute Gasteiger partial charge is 0.253 e. The van der Waals surface area contributed by atoms with Gasteiger partial charge in [0.15, 0.2) is 11.5 Å². The molecule has 158 valence electrons. The van der Waals surface area contributed by atoms with Crippen LogP contribution in [0.2, 0.25) is 0 Å². The number of methoxy groups -OCH3 is 2. The highest BCUT2D eigenvalue weighted by Crippen LogP contribution is 2.29. The van der Waals surface area contributed by atoms with Crippen LogP contribution < -0.4 is 14.8 Å². The molecule has 31 heavy (non-hydrogen) atoms. The molecule has 4 rings (SSSR count). The summed E-state index contributed by atoms with van der Waals surface area (Å²) < 4.78 is 25.7. The Morgan fingerprint density at radius 1 is 1.00 bits per heavy atom. The number of nitrogens with one attached hydrogen (secondary N) is 1. The number of hydrogen-bond donors (Lipinski definition) is 1. The van der Waals surface area contributed by atoms with E-state index in [0.29, 0.717) is 29.1 Å². The molecule has 1 aromatic heterocycles. The predicted molar refractivity (Wildman–Crippen MR) is 117 cm³/mol. The van der Waals surface area contributed by atoms with E-state index < -0.39 is 0 Å². The van der Waals surface area contributed by atoms with Crippen molar-refractivity contribution in [3.63, 3.8) is 0 Å². The molecule has 6 nitrogen and oxygen atoms in total. The summed E-state index contributed by atoms with van der Waals surface area (Å²) >= 11 is 0. The molecular formula is C24H22FN3O3. The van der Waals surface area contributed by atoms with E-state index >= 15 is 0 Å². The van der Waals surface area contributed by atoms with Gasteiger partial charge in [-0.05, 0) is 53.1 Å². The molecule has 0 atom stereocenters. The first-order valence-corrected chi connectivity index (χ1v) is 9.70. The van der Waals surface area contributed by atoms with Crippen molar-refractivity contribution < 1.29 is 18.7 Å². The SMILES string of the molecule is COc1ccc(CNC(=O)c2cc(-c3ccc(F)cc3)cc3ncn(C)c23)cc1OC. The number of nitrogens with zero attached hydrogens (tertiary/aromatic N) is 2. The molecule has 0 aliphatic carbocycles. The summed E-state index contributed by atoms with van der Waals surface area (Å²) in [7, 11) is 4.99. The topological polar surface area (TPSA) is 65.4 Å². The quantitative estimate of drug-likeness (QED) is 0.505. The number of hydrogen-bond acceptors (Lipinski definition) is 4. The van der Waals surface area contributed by atoms with Gasteiger partial charge in [-0.1, -0.05) is 18.2 Å². The zero-order valence-electron chi connectivity index (χ0n) is 17.5. The van der Waals surface area contributed by atoms with Crippen LogP contribution in [-0.4, -0.2) is 29.7 Å². The summed E-state index contributed by atoms with van der Waals surface area (Å²) in [6.07, 6.45) is 1.67.